The molecular weight excluding hydrogens is 296 g/mol. The van der Waals surface area contributed by atoms with E-state index in [1.165, 1.54) is 6.07 Å². The number of carbonyl (C=O) groups is 1. The summed E-state index contributed by atoms with van der Waals surface area (Å²) in [6.45, 7) is 2.43. The minimum atomic E-state index is -0.318. The van der Waals surface area contributed by atoms with Crippen LogP contribution in [0.2, 0.25) is 0 Å². The van der Waals surface area contributed by atoms with Gasteiger partial charge < -0.3 is 19.3 Å². The summed E-state index contributed by atoms with van der Waals surface area (Å²) in [6, 6.07) is 10.5. The van der Waals surface area contributed by atoms with Gasteiger partial charge in [0.1, 0.15) is 11.5 Å². The summed E-state index contributed by atoms with van der Waals surface area (Å²) in [7, 11) is 1.59. The van der Waals surface area contributed by atoms with E-state index in [0.29, 0.717) is 23.9 Å². The van der Waals surface area contributed by atoms with Crippen molar-refractivity contribution in [3.63, 3.8) is 0 Å². The van der Waals surface area contributed by atoms with E-state index in [1.54, 1.807) is 19.2 Å². The zero-order chi connectivity index (χ0) is 16.4. The molecule has 1 atom stereocenters. The lowest BCUT2D eigenvalue weighted by Crippen LogP contribution is -2.21. The van der Waals surface area contributed by atoms with E-state index in [2.05, 4.69) is 0 Å². The predicted octanol–water partition coefficient (Wildman–Crippen LogP) is 3.24. The molecular formula is C18H18O5. The Morgan fingerprint density at radius 3 is 2.78 bits per heavy atom. The third kappa shape index (κ3) is 2.95. The van der Waals surface area contributed by atoms with Crippen LogP contribution in [-0.4, -0.2) is 24.8 Å². The predicted molar refractivity (Wildman–Crippen MR) is 84.4 cm³/mol. The molecule has 1 aliphatic rings. The number of rotatable bonds is 4. The minimum Gasteiger partial charge on any atom is -0.508 e. The fourth-order valence-electron chi connectivity index (χ4n) is 2.82. The maximum absolute atomic E-state index is 11.9. The van der Waals surface area contributed by atoms with Crippen LogP contribution in [0, 0.1) is 0 Å². The monoisotopic (exact) mass is 314 g/mol. The first-order valence-corrected chi connectivity index (χ1v) is 7.46. The quantitative estimate of drug-likeness (QED) is 0.693. The summed E-state index contributed by atoms with van der Waals surface area (Å²) in [5.41, 5.74) is 1.81. The summed E-state index contributed by atoms with van der Waals surface area (Å²) in [5, 5.41) is 9.59. The number of phenols is 1. The molecule has 0 aliphatic carbocycles. The van der Waals surface area contributed by atoms with E-state index in [9.17, 15) is 9.90 Å². The van der Waals surface area contributed by atoms with Crippen molar-refractivity contribution in [2.45, 2.75) is 19.3 Å². The van der Waals surface area contributed by atoms with Crippen LogP contribution in [0.1, 0.15) is 30.4 Å². The fraction of sp³-hybridized carbons (Fsp3) is 0.278. The minimum absolute atomic E-state index is 0.0712. The Hall–Kier alpha value is -2.69. The molecule has 3 rings (SSSR count). The Morgan fingerprint density at radius 2 is 2.04 bits per heavy atom. The molecule has 23 heavy (non-hydrogen) atoms. The van der Waals surface area contributed by atoms with Crippen molar-refractivity contribution in [2.24, 2.45) is 0 Å². The molecule has 0 saturated heterocycles. The molecule has 120 valence electrons. The maximum Gasteiger partial charge on any atom is 0.312 e. The maximum atomic E-state index is 11.9. The second-order valence-electron chi connectivity index (χ2n) is 5.30. The van der Waals surface area contributed by atoms with Gasteiger partial charge in [-0.15, -0.1) is 0 Å². The summed E-state index contributed by atoms with van der Waals surface area (Å²) in [5.74, 6) is 1.31. The van der Waals surface area contributed by atoms with E-state index in [4.69, 9.17) is 14.2 Å². The second-order valence-corrected chi connectivity index (χ2v) is 5.30. The zero-order valence-electron chi connectivity index (χ0n) is 13.0. The van der Waals surface area contributed by atoms with Crippen molar-refractivity contribution in [2.75, 3.05) is 13.7 Å². The van der Waals surface area contributed by atoms with Gasteiger partial charge in [-0.2, -0.15) is 0 Å². The normalized spacial score (nSPS) is 16.4. The molecule has 2 aromatic carbocycles. The molecule has 5 nitrogen and oxygen atoms in total. The highest BCUT2D eigenvalue weighted by atomic mass is 16.5. The average Bonchev–Trinajstić information content (AvgIpc) is 2.54. The molecule has 0 radical (unpaired) electrons. The van der Waals surface area contributed by atoms with Crippen LogP contribution < -0.4 is 14.2 Å². The molecule has 1 heterocycles. The number of hydrogen-bond donors (Lipinski definition) is 1. The highest BCUT2D eigenvalue weighted by Gasteiger charge is 2.29. The third-order valence-electron chi connectivity index (χ3n) is 3.86. The molecule has 0 spiro atoms. The second kappa shape index (κ2) is 6.20. The first-order valence-electron chi connectivity index (χ1n) is 7.46. The van der Waals surface area contributed by atoms with Gasteiger partial charge in [-0.05, 0) is 30.7 Å². The van der Waals surface area contributed by atoms with Crippen molar-refractivity contribution in [3.8, 4) is 23.0 Å². The van der Waals surface area contributed by atoms with Gasteiger partial charge in [0, 0.05) is 17.5 Å². The number of carbonyl (C=O) groups excluding carboxylic acids is 1. The number of methoxy groups -OCH3 is 1. The topological polar surface area (TPSA) is 65.0 Å². The van der Waals surface area contributed by atoms with Gasteiger partial charge in [0.05, 0.1) is 20.1 Å². The van der Waals surface area contributed by atoms with Crippen molar-refractivity contribution < 1.29 is 24.1 Å². The van der Waals surface area contributed by atoms with Crippen LogP contribution in [0.5, 0.6) is 23.0 Å². The number of hydrogen-bond acceptors (Lipinski definition) is 5. The standard InChI is InChI=1S/C18H18O5/c1-3-22-17-8-11(4-7-15(17)21-2)14-10-18(20)23-16-9-12(19)5-6-13(14)16/h4-9,14,19H,3,10H2,1-2H3. The average molecular weight is 314 g/mol. The Kier molecular flexibility index (Phi) is 4.10. The molecule has 0 saturated carbocycles. The largest absolute Gasteiger partial charge is 0.508 e. The van der Waals surface area contributed by atoms with E-state index < -0.39 is 0 Å². The number of ether oxygens (including phenoxy) is 3. The van der Waals surface area contributed by atoms with Gasteiger partial charge in [-0.3, -0.25) is 4.79 Å². The SMILES string of the molecule is CCOc1cc(C2CC(=O)Oc3cc(O)ccc32)ccc1OC. The molecule has 0 fully saturated rings. The Labute approximate surface area is 134 Å². The van der Waals surface area contributed by atoms with Gasteiger partial charge in [-0.1, -0.05) is 12.1 Å². The summed E-state index contributed by atoms with van der Waals surface area (Å²) >= 11 is 0. The van der Waals surface area contributed by atoms with Crippen LogP contribution in [0.3, 0.4) is 0 Å². The van der Waals surface area contributed by atoms with Crippen molar-refractivity contribution >= 4 is 5.97 Å². The zero-order valence-corrected chi connectivity index (χ0v) is 13.0. The van der Waals surface area contributed by atoms with E-state index in [-0.39, 0.29) is 24.1 Å². The number of fused-ring (bicyclic) bond motifs is 1. The van der Waals surface area contributed by atoms with Crippen LogP contribution in [-0.2, 0) is 4.79 Å². The van der Waals surface area contributed by atoms with Crippen molar-refractivity contribution in [3.05, 3.63) is 47.5 Å². The molecule has 5 heteroatoms. The number of phenolic OH excluding ortho intramolecular Hbond substituents is 1. The van der Waals surface area contributed by atoms with Gasteiger partial charge in [-0.25, -0.2) is 0 Å². The smallest absolute Gasteiger partial charge is 0.312 e. The summed E-state index contributed by atoms with van der Waals surface area (Å²) < 4.78 is 16.1. The Bertz CT molecular complexity index is 738. The first kappa shape index (κ1) is 15.2. The summed E-state index contributed by atoms with van der Waals surface area (Å²) in [4.78, 5) is 11.9. The molecule has 0 bridgehead atoms. The molecule has 2 aromatic rings. The third-order valence-corrected chi connectivity index (χ3v) is 3.86. The number of benzene rings is 2. The molecule has 0 aromatic heterocycles. The number of esters is 1. The van der Waals surface area contributed by atoms with E-state index in [1.807, 2.05) is 25.1 Å². The first-order chi connectivity index (χ1) is 11.1. The van der Waals surface area contributed by atoms with Crippen LogP contribution in [0.4, 0.5) is 0 Å². The lowest BCUT2D eigenvalue weighted by molar-refractivity contribution is -0.135. The van der Waals surface area contributed by atoms with Crippen LogP contribution in [0.25, 0.3) is 0 Å². The molecule has 1 N–H and O–H groups in total. The van der Waals surface area contributed by atoms with Gasteiger partial charge in [0.15, 0.2) is 11.5 Å². The summed E-state index contributed by atoms with van der Waals surface area (Å²) in [6.07, 6.45) is 0.246. The Morgan fingerprint density at radius 1 is 1.22 bits per heavy atom. The van der Waals surface area contributed by atoms with Gasteiger partial charge in [0.2, 0.25) is 0 Å². The van der Waals surface area contributed by atoms with Crippen molar-refractivity contribution in [1.82, 2.24) is 0 Å². The van der Waals surface area contributed by atoms with E-state index >= 15 is 0 Å². The van der Waals surface area contributed by atoms with Crippen LogP contribution in [0.15, 0.2) is 36.4 Å². The molecule has 0 amide bonds. The number of aromatic hydroxyl groups is 1. The lowest BCUT2D eigenvalue weighted by Gasteiger charge is -2.25. The van der Waals surface area contributed by atoms with E-state index in [0.717, 1.165) is 11.1 Å². The molecule has 1 aliphatic heterocycles. The van der Waals surface area contributed by atoms with Crippen LogP contribution >= 0.6 is 0 Å². The highest BCUT2D eigenvalue weighted by Crippen LogP contribution is 2.42. The van der Waals surface area contributed by atoms with Gasteiger partial charge in [0.25, 0.3) is 0 Å². The van der Waals surface area contributed by atoms with Crippen molar-refractivity contribution in [1.29, 1.82) is 0 Å². The molecule has 1 unspecified atom stereocenters. The Balaban J connectivity index is 2.05. The van der Waals surface area contributed by atoms with Gasteiger partial charge >= 0.3 is 5.97 Å². The fourth-order valence-corrected chi connectivity index (χ4v) is 2.82. The lowest BCUT2D eigenvalue weighted by atomic mass is 9.86. The highest BCUT2D eigenvalue weighted by molar-refractivity contribution is 5.78.